The van der Waals surface area contributed by atoms with Gasteiger partial charge in [0.15, 0.2) is 0 Å². The largest absolute Gasteiger partial charge is 0.395 e. The first-order chi connectivity index (χ1) is 5.47. The molecule has 0 heterocycles. The predicted octanol–water partition coefficient (Wildman–Crippen LogP) is -1.97. The van der Waals surface area contributed by atoms with Gasteiger partial charge in [-0.3, -0.25) is 4.55 Å². The van der Waals surface area contributed by atoms with Crippen molar-refractivity contribution >= 4 is 10.1 Å². The highest BCUT2D eigenvalue weighted by Crippen LogP contribution is 1.76. The van der Waals surface area contributed by atoms with Crippen LogP contribution in [0.15, 0.2) is 0 Å². The summed E-state index contributed by atoms with van der Waals surface area (Å²) in [5.74, 6) is -0.219. The highest BCUT2D eigenvalue weighted by atomic mass is 32.2. The Hall–Kier alpha value is -0.210. The summed E-state index contributed by atoms with van der Waals surface area (Å²) in [4.78, 5) is 0. The summed E-state index contributed by atoms with van der Waals surface area (Å²) in [5.41, 5.74) is 4.78. The molecule has 0 amide bonds. The summed E-state index contributed by atoms with van der Waals surface area (Å²) < 4.78 is 27.9. The summed E-state index contributed by atoms with van der Waals surface area (Å²) in [5, 5.41) is 10.3. The molecule has 0 aliphatic carbocycles. The van der Waals surface area contributed by atoms with E-state index in [0.717, 1.165) is 0 Å². The van der Waals surface area contributed by atoms with E-state index in [2.05, 4.69) is 5.32 Å². The van der Waals surface area contributed by atoms with Crippen molar-refractivity contribution < 1.29 is 18.1 Å². The van der Waals surface area contributed by atoms with Gasteiger partial charge < -0.3 is 16.2 Å². The molecule has 0 aromatic carbocycles. The molecular formula is C5H16N2O4S. The monoisotopic (exact) mass is 200 g/mol. The van der Waals surface area contributed by atoms with E-state index in [1.807, 2.05) is 0 Å². The first kappa shape index (κ1) is 14.3. The van der Waals surface area contributed by atoms with Crippen molar-refractivity contribution in [1.82, 2.24) is 5.32 Å². The molecule has 0 spiro atoms. The fourth-order valence-corrected chi connectivity index (χ4v) is 0.693. The molecule has 6 nitrogen and oxygen atoms in total. The molecule has 0 fully saturated rings. The molecular weight excluding hydrogens is 184 g/mol. The van der Waals surface area contributed by atoms with Gasteiger partial charge in [-0.15, -0.1) is 0 Å². The van der Waals surface area contributed by atoms with Crippen LogP contribution in [0.3, 0.4) is 0 Å². The SMILES string of the molecule is CNCCS(=O)(=O)O.NCCO. The number of nitrogens with two attached hydrogens (primary N) is 1. The zero-order chi connectivity index (χ0) is 10.0. The third-order valence-corrected chi connectivity index (χ3v) is 1.46. The minimum Gasteiger partial charge on any atom is -0.395 e. The Morgan fingerprint density at radius 3 is 2.00 bits per heavy atom. The molecule has 0 atom stereocenters. The fourth-order valence-electron chi connectivity index (χ4n) is 0.231. The van der Waals surface area contributed by atoms with Crippen molar-refractivity contribution in [3.8, 4) is 0 Å². The van der Waals surface area contributed by atoms with Crippen LogP contribution in [-0.2, 0) is 10.1 Å². The minimum atomic E-state index is -3.75. The Morgan fingerprint density at radius 2 is 1.92 bits per heavy atom. The molecule has 0 bridgehead atoms. The van der Waals surface area contributed by atoms with Gasteiger partial charge in [0.1, 0.15) is 0 Å². The molecule has 0 aromatic rings. The fraction of sp³-hybridized carbons (Fsp3) is 1.00. The van der Waals surface area contributed by atoms with Crippen LogP contribution in [0.4, 0.5) is 0 Å². The molecule has 12 heavy (non-hydrogen) atoms. The van der Waals surface area contributed by atoms with E-state index in [0.29, 0.717) is 13.1 Å². The second-order valence-corrected chi connectivity index (χ2v) is 3.47. The van der Waals surface area contributed by atoms with Gasteiger partial charge in [0, 0.05) is 13.1 Å². The maximum absolute atomic E-state index is 9.91. The van der Waals surface area contributed by atoms with Gasteiger partial charge in [-0.05, 0) is 7.05 Å². The molecule has 7 heteroatoms. The van der Waals surface area contributed by atoms with Crippen molar-refractivity contribution in [3.05, 3.63) is 0 Å². The van der Waals surface area contributed by atoms with Gasteiger partial charge in [0.05, 0.1) is 12.4 Å². The van der Waals surface area contributed by atoms with Crippen LogP contribution in [0.1, 0.15) is 0 Å². The molecule has 0 unspecified atom stereocenters. The Labute approximate surface area is 72.5 Å². The van der Waals surface area contributed by atoms with Gasteiger partial charge in [-0.25, -0.2) is 0 Å². The quantitative estimate of drug-likeness (QED) is 0.392. The molecule has 0 saturated carbocycles. The summed E-state index contributed by atoms with van der Waals surface area (Å²) in [7, 11) is -2.13. The molecule has 0 rings (SSSR count). The molecule has 0 aromatic heterocycles. The average molecular weight is 200 g/mol. The summed E-state index contributed by atoms with van der Waals surface area (Å²) in [6.45, 7) is 0.763. The van der Waals surface area contributed by atoms with Crippen LogP contribution < -0.4 is 11.1 Å². The van der Waals surface area contributed by atoms with Crippen molar-refractivity contribution in [1.29, 1.82) is 0 Å². The highest BCUT2D eigenvalue weighted by molar-refractivity contribution is 7.85. The molecule has 0 aliphatic rings. The van der Waals surface area contributed by atoms with Gasteiger partial charge in [-0.2, -0.15) is 8.42 Å². The Balaban J connectivity index is 0. The lowest BCUT2D eigenvalue weighted by atomic mass is 10.8. The van der Waals surface area contributed by atoms with E-state index < -0.39 is 10.1 Å². The molecule has 0 aliphatic heterocycles. The first-order valence-electron chi connectivity index (χ1n) is 3.38. The van der Waals surface area contributed by atoms with Crippen LogP contribution >= 0.6 is 0 Å². The van der Waals surface area contributed by atoms with Gasteiger partial charge >= 0.3 is 0 Å². The van der Waals surface area contributed by atoms with Gasteiger partial charge in [0.25, 0.3) is 10.1 Å². The van der Waals surface area contributed by atoms with E-state index in [4.69, 9.17) is 15.4 Å². The zero-order valence-electron chi connectivity index (χ0n) is 7.02. The minimum absolute atomic E-state index is 0.0972. The maximum Gasteiger partial charge on any atom is 0.266 e. The zero-order valence-corrected chi connectivity index (χ0v) is 7.84. The number of hydrogen-bond donors (Lipinski definition) is 4. The summed E-state index contributed by atoms with van der Waals surface area (Å²) in [6, 6.07) is 0. The van der Waals surface area contributed by atoms with E-state index in [1.54, 1.807) is 7.05 Å². The molecule has 76 valence electrons. The average Bonchev–Trinajstić information content (AvgIpc) is 2.00. The number of aliphatic hydroxyl groups excluding tert-OH is 1. The smallest absolute Gasteiger partial charge is 0.266 e. The summed E-state index contributed by atoms with van der Waals surface area (Å²) in [6.07, 6.45) is 0. The highest BCUT2D eigenvalue weighted by Gasteiger charge is 1.99. The predicted molar refractivity (Wildman–Crippen MR) is 46.5 cm³/mol. The van der Waals surface area contributed by atoms with Crippen molar-refractivity contribution in [2.24, 2.45) is 5.73 Å². The van der Waals surface area contributed by atoms with Crippen LogP contribution in [0.2, 0.25) is 0 Å². The van der Waals surface area contributed by atoms with Crippen molar-refractivity contribution in [2.45, 2.75) is 0 Å². The number of rotatable bonds is 4. The lowest BCUT2D eigenvalue weighted by Gasteiger charge is -1.92. The Bertz CT molecular complexity index is 166. The molecule has 0 radical (unpaired) electrons. The van der Waals surface area contributed by atoms with E-state index in [1.165, 1.54) is 0 Å². The number of nitrogens with one attached hydrogen (secondary N) is 1. The number of aliphatic hydroxyl groups is 1. The van der Waals surface area contributed by atoms with Crippen LogP contribution in [0.25, 0.3) is 0 Å². The Morgan fingerprint density at radius 1 is 1.50 bits per heavy atom. The molecule has 0 saturated heterocycles. The van der Waals surface area contributed by atoms with E-state index in [9.17, 15) is 8.42 Å². The third kappa shape index (κ3) is 22.6. The van der Waals surface area contributed by atoms with Crippen LogP contribution in [0.5, 0.6) is 0 Å². The topological polar surface area (TPSA) is 113 Å². The van der Waals surface area contributed by atoms with Gasteiger partial charge in [0.2, 0.25) is 0 Å². The van der Waals surface area contributed by atoms with Crippen LogP contribution in [-0.4, -0.2) is 50.6 Å². The Kier molecular flexibility index (Phi) is 10.6. The second kappa shape index (κ2) is 8.88. The van der Waals surface area contributed by atoms with Gasteiger partial charge in [-0.1, -0.05) is 0 Å². The second-order valence-electron chi connectivity index (χ2n) is 1.90. The molecule has 5 N–H and O–H groups in total. The third-order valence-electron chi connectivity index (χ3n) is 0.739. The lowest BCUT2D eigenvalue weighted by molar-refractivity contribution is 0.306. The number of hydrogen-bond acceptors (Lipinski definition) is 5. The standard InChI is InChI=1S/C3H9NO3S.C2H7NO/c1-4-2-3-8(5,6)7;3-1-2-4/h4H,2-3H2,1H3,(H,5,6,7);4H,1-3H2. The summed E-state index contributed by atoms with van der Waals surface area (Å²) >= 11 is 0. The van der Waals surface area contributed by atoms with Crippen molar-refractivity contribution in [2.75, 3.05) is 32.5 Å². The lowest BCUT2D eigenvalue weighted by Crippen LogP contribution is -2.18. The maximum atomic E-state index is 9.91. The van der Waals surface area contributed by atoms with E-state index in [-0.39, 0.29) is 12.4 Å². The van der Waals surface area contributed by atoms with Crippen LogP contribution in [0, 0.1) is 0 Å². The van der Waals surface area contributed by atoms with Crippen molar-refractivity contribution in [3.63, 3.8) is 0 Å². The normalized spacial score (nSPS) is 10.3. The first-order valence-corrected chi connectivity index (χ1v) is 4.99. The van der Waals surface area contributed by atoms with E-state index >= 15 is 0 Å².